The van der Waals surface area contributed by atoms with E-state index in [9.17, 15) is 0 Å². The molecule has 5 heteroatoms. The van der Waals surface area contributed by atoms with Crippen molar-refractivity contribution in [3.05, 3.63) is 182 Å². The second-order valence-corrected chi connectivity index (χ2v) is 11.1. The summed E-state index contributed by atoms with van der Waals surface area (Å²) in [5.41, 5.74) is 11.1. The Balaban J connectivity index is 0.000000144. The summed E-state index contributed by atoms with van der Waals surface area (Å²) in [5, 5.41) is 2.24. The Kier molecular flexibility index (Phi) is 11.3. The molecule has 0 N–H and O–H groups in total. The number of hydrogen-bond acceptors (Lipinski definition) is 3. The monoisotopic (exact) mass is 801 g/mol. The van der Waals surface area contributed by atoms with Gasteiger partial charge in [-0.3, -0.25) is 0 Å². The number of rotatable bonds is 3. The molecular weight excluding hydrogens is 767 g/mol. The van der Waals surface area contributed by atoms with Gasteiger partial charge in [-0.2, -0.15) is 0 Å². The third kappa shape index (κ3) is 7.95. The number of aromatic nitrogens is 3. The van der Waals surface area contributed by atoms with Crippen molar-refractivity contribution in [2.75, 3.05) is 0 Å². The zero-order chi connectivity index (χ0) is 32.6. The van der Waals surface area contributed by atoms with Crippen molar-refractivity contribution in [1.82, 2.24) is 9.97 Å². The van der Waals surface area contributed by atoms with Gasteiger partial charge in [-0.15, -0.1) is 84.4 Å². The number of fused-ring (bicyclic) bond motifs is 3. The van der Waals surface area contributed by atoms with Crippen molar-refractivity contribution in [1.29, 1.82) is 0 Å². The van der Waals surface area contributed by atoms with E-state index >= 15 is 0 Å². The Hall–Kier alpha value is -5.35. The number of aryl methyl sites for hydroxylation is 3. The Morgan fingerprint density at radius 3 is 2.10 bits per heavy atom. The van der Waals surface area contributed by atoms with Crippen molar-refractivity contribution in [3.63, 3.8) is 0 Å². The Bertz CT molecular complexity index is 2250. The SMILES string of the molecule is Cc1cccc(-c2[c-]cccc2)n1.Cc1ccnc(-c2[c-]ccc3c2oc2ccccc23)c1.[CH2-][n+]1c(C)cccc1-c1[c-]cccc1.[Ir]. The Labute approximate surface area is 296 Å². The third-order valence-corrected chi connectivity index (χ3v) is 7.68. The van der Waals surface area contributed by atoms with Gasteiger partial charge in [0.1, 0.15) is 11.3 Å². The van der Waals surface area contributed by atoms with Gasteiger partial charge in [0.2, 0.25) is 0 Å². The summed E-state index contributed by atoms with van der Waals surface area (Å²) in [6.07, 6.45) is 1.82. The summed E-state index contributed by atoms with van der Waals surface area (Å²) in [7, 11) is 3.99. The van der Waals surface area contributed by atoms with Crippen LogP contribution in [0.5, 0.6) is 0 Å². The van der Waals surface area contributed by atoms with E-state index in [-0.39, 0.29) is 20.1 Å². The van der Waals surface area contributed by atoms with E-state index < -0.39 is 0 Å². The molecule has 0 aliphatic heterocycles. The molecule has 239 valence electrons. The molecule has 0 saturated carbocycles. The predicted molar refractivity (Wildman–Crippen MR) is 190 cm³/mol. The van der Waals surface area contributed by atoms with Crippen molar-refractivity contribution in [2.24, 2.45) is 0 Å². The number of furan rings is 1. The third-order valence-electron chi connectivity index (χ3n) is 7.68. The van der Waals surface area contributed by atoms with E-state index in [0.717, 1.165) is 67.1 Å². The van der Waals surface area contributed by atoms with Gasteiger partial charge in [0.15, 0.2) is 0 Å². The van der Waals surface area contributed by atoms with E-state index in [2.05, 4.69) is 54.3 Å². The van der Waals surface area contributed by atoms with Crippen LogP contribution in [-0.2, 0) is 20.1 Å². The van der Waals surface area contributed by atoms with Gasteiger partial charge < -0.3 is 19.0 Å². The molecule has 1 radical (unpaired) electrons. The van der Waals surface area contributed by atoms with Gasteiger partial charge in [-0.05, 0) is 56.4 Å². The second kappa shape index (κ2) is 16.0. The minimum Gasteiger partial charge on any atom is -0.501 e. The number of nitrogens with zero attached hydrogens (tertiary/aromatic N) is 3. The van der Waals surface area contributed by atoms with Gasteiger partial charge in [-0.1, -0.05) is 70.6 Å². The molecule has 0 fully saturated rings. The molecule has 0 amide bonds. The molecule has 4 aromatic carbocycles. The van der Waals surface area contributed by atoms with Crippen LogP contribution in [0.3, 0.4) is 0 Å². The number of hydrogen-bond donors (Lipinski definition) is 0. The molecule has 0 aliphatic rings. The summed E-state index contributed by atoms with van der Waals surface area (Å²) in [5.74, 6) is 0. The van der Waals surface area contributed by atoms with Crippen LogP contribution in [0.4, 0.5) is 0 Å². The van der Waals surface area contributed by atoms with E-state index in [0.29, 0.717) is 0 Å². The molecule has 48 heavy (non-hydrogen) atoms. The van der Waals surface area contributed by atoms with Crippen LogP contribution in [0.2, 0.25) is 0 Å². The quantitative estimate of drug-likeness (QED) is 0.132. The maximum absolute atomic E-state index is 6.01. The van der Waals surface area contributed by atoms with Crippen LogP contribution in [0.15, 0.2) is 144 Å². The van der Waals surface area contributed by atoms with Crippen molar-refractivity contribution in [2.45, 2.75) is 20.8 Å². The van der Waals surface area contributed by atoms with Crippen LogP contribution in [0, 0.1) is 46.0 Å². The van der Waals surface area contributed by atoms with Gasteiger partial charge >= 0.3 is 0 Å². The smallest absolute Gasteiger partial charge is 0.120 e. The molecule has 0 atom stereocenters. The van der Waals surface area contributed by atoms with Gasteiger partial charge in [0, 0.05) is 44.4 Å². The molecular formula is C43H34IrN3O-3. The van der Waals surface area contributed by atoms with Crippen molar-refractivity contribution >= 4 is 21.9 Å². The number of pyridine rings is 3. The first-order chi connectivity index (χ1) is 23.0. The van der Waals surface area contributed by atoms with Gasteiger partial charge in [0.25, 0.3) is 0 Å². The maximum Gasteiger partial charge on any atom is 0.120 e. The molecule has 4 aromatic heterocycles. The fourth-order valence-corrected chi connectivity index (χ4v) is 5.24. The summed E-state index contributed by atoms with van der Waals surface area (Å²) in [6.45, 7) is 6.09. The van der Waals surface area contributed by atoms with Crippen molar-refractivity contribution < 1.29 is 29.1 Å². The average Bonchev–Trinajstić information content (AvgIpc) is 3.50. The maximum atomic E-state index is 6.01. The van der Waals surface area contributed by atoms with Gasteiger partial charge in [-0.25, -0.2) is 0 Å². The number of benzene rings is 4. The minimum absolute atomic E-state index is 0. The van der Waals surface area contributed by atoms with Gasteiger partial charge in [0.05, 0.1) is 11.3 Å². The summed E-state index contributed by atoms with van der Waals surface area (Å²) < 4.78 is 7.93. The molecule has 0 unspecified atom stereocenters. The minimum atomic E-state index is 0. The molecule has 0 spiro atoms. The fourth-order valence-electron chi connectivity index (χ4n) is 5.24. The topological polar surface area (TPSA) is 42.8 Å². The summed E-state index contributed by atoms with van der Waals surface area (Å²) in [6, 6.07) is 53.6. The zero-order valence-electron chi connectivity index (χ0n) is 27.1. The van der Waals surface area contributed by atoms with Crippen LogP contribution < -0.4 is 4.57 Å². The summed E-state index contributed by atoms with van der Waals surface area (Å²) >= 11 is 0. The first kappa shape index (κ1) is 34.0. The predicted octanol–water partition coefficient (Wildman–Crippen LogP) is 10.0. The Morgan fingerprint density at radius 2 is 1.38 bits per heavy atom. The van der Waals surface area contributed by atoms with Crippen LogP contribution in [-0.4, -0.2) is 9.97 Å². The van der Waals surface area contributed by atoms with E-state index in [4.69, 9.17) is 4.42 Å². The average molecular weight is 801 g/mol. The first-order valence-electron chi connectivity index (χ1n) is 15.4. The van der Waals surface area contributed by atoms with E-state index in [1.165, 1.54) is 5.56 Å². The summed E-state index contributed by atoms with van der Waals surface area (Å²) in [4.78, 5) is 8.85. The Morgan fingerprint density at radius 1 is 0.646 bits per heavy atom. The fraction of sp³-hybridized carbons (Fsp3) is 0.0698. The molecule has 0 bridgehead atoms. The normalized spacial score (nSPS) is 10.3. The van der Waals surface area contributed by atoms with E-state index in [1.807, 2.05) is 146 Å². The van der Waals surface area contributed by atoms with E-state index in [1.54, 1.807) is 0 Å². The molecule has 4 nitrogen and oxygen atoms in total. The molecule has 0 saturated heterocycles. The zero-order valence-corrected chi connectivity index (χ0v) is 29.5. The largest absolute Gasteiger partial charge is 0.501 e. The molecule has 8 rings (SSSR count). The molecule has 0 aliphatic carbocycles. The number of para-hydroxylation sites is 1. The van der Waals surface area contributed by atoms with Crippen LogP contribution in [0.25, 0.3) is 55.7 Å². The van der Waals surface area contributed by atoms with Crippen LogP contribution in [0.1, 0.15) is 17.0 Å². The molecule has 8 aromatic rings. The standard InChI is InChI=1S/C18H12NO.C13H12N.C12H10N.Ir/c1-12-9-10-19-16(11-12)15-7-4-6-14-13-5-2-3-8-17(13)20-18(14)15;1-11-7-6-10-13(14(11)2)12-8-4-3-5-9-12;1-10-6-5-9-12(13-10)11-7-3-2-4-8-11;/h2-6,8-11H,1H3;3-8,10H,2H2,1H3;2-7,9H,1H3;/q3*-1;. The second-order valence-electron chi connectivity index (χ2n) is 11.1. The van der Waals surface area contributed by atoms with Crippen molar-refractivity contribution in [3.8, 4) is 33.8 Å². The first-order valence-corrected chi connectivity index (χ1v) is 15.4. The molecule has 4 heterocycles. The van der Waals surface area contributed by atoms with Crippen LogP contribution >= 0.6 is 0 Å².